The van der Waals surface area contributed by atoms with Crippen molar-refractivity contribution in [2.75, 3.05) is 11.6 Å². The maximum Gasteiger partial charge on any atom is 0.312 e. The molecule has 3 N–H and O–H groups in total. The molecule has 9 nitrogen and oxygen atoms in total. The number of benzene rings is 2. The number of fused-ring (bicyclic) bond motifs is 1. The van der Waals surface area contributed by atoms with Crippen molar-refractivity contribution in [1.29, 1.82) is 0 Å². The van der Waals surface area contributed by atoms with Gasteiger partial charge < -0.3 is 15.2 Å². The summed E-state index contributed by atoms with van der Waals surface area (Å²) in [7, 11) is -3.31. The van der Waals surface area contributed by atoms with Crippen molar-refractivity contribution in [2.24, 2.45) is 0 Å². The number of hydrogen-bond donors (Lipinski definition) is 3. The van der Waals surface area contributed by atoms with Crippen molar-refractivity contribution >= 4 is 70.3 Å². The molecule has 3 aromatic rings. The van der Waals surface area contributed by atoms with Crippen molar-refractivity contribution in [3.8, 4) is 11.5 Å². The predicted octanol–water partition coefficient (Wildman–Crippen LogP) is 4.01. The summed E-state index contributed by atoms with van der Waals surface area (Å²) in [5.74, 6) is -0.865. The Morgan fingerprint density at radius 2 is 1.78 bits per heavy atom. The fourth-order valence-corrected chi connectivity index (χ4v) is 4.46. The number of halogens is 2. The number of hydrogen-bond acceptors (Lipinski definition) is 6. The van der Waals surface area contributed by atoms with Crippen LogP contribution in [0.15, 0.2) is 51.4 Å². The number of ether oxygens (including phenoxy) is 1. The van der Waals surface area contributed by atoms with E-state index in [1.54, 1.807) is 36.4 Å². The number of rotatable bonds is 8. The Hall–Kier alpha value is -2.54. The van der Waals surface area contributed by atoms with E-state index in [-0.39, 0.29) is 6.54 Å². The first-order valence-corrected chi connectivity index (χ1v) is 12.5. The Morgan fingerprint density at radius 1 is 1.09 bits per heavy atom. The minimum Gasteiger partial charge on any atom is -0.481 e. The SMILES string of the molecule is CS(=O)(=O)NCc1ccc2cc(Oc3c(Br)cc(NC(=O)CC(=O)O)cc3Br)ccc2n1. The number of nitrogens with zero attached hydrogens (tertiary/aromatic N) is 1. The second-order valence-electron chi connectivity index (χ2n) is 6.74. The van der Waals surface area contributed by atoms with Gasteiger partial charge in [0.1, 0.15) is 12.2 Å². The second-order valence-corrected chi connectivity index (χ2v) is 10.3. The number of aromatic nitrogens is 1. The van der Waals surface area contributed by atoms with Crippen LogP contribution in [0.1, 0.15) is 12.1 Å². The molecule has 0 saturated heterocycles. The Bertz CT molecular complexity index is 1290. The van der Waals surface area contributed by atoms with E-state index >= 15 is 0 Å². The highest BCUT2D eigenvalue weighted by Gasteiger charge is 2.14. The molecule has 0 spiro atoms. The molecule has 0 bridgehead atoms. The van der Waals surface area contributed by atoms with Crippen LogP contribution in [0.25, 0.3) is 10.9 Å². The highest BCUT2D eigenvalue weighted by Crippen LogP contribution is 2.39. The third-order valence-corrected chi connectivity index (χ3v) is 5.89. The van der Waals surface area contributed by atoms with Gasteiger partial charge in [-0.3, -0.25) is 14.6 Å². The van der Waals surface area contributed by atoms with Crippen LogP contribution in [0, 0.1) is 0 Å². The van der Waals surface area contributed by atoms with Crippen molar-refractivity contribution in [1.82, 2.24) is 9.71 Å². The molecular formula is C20H17Br2N3O6S. The van der Waals surface area contributed by atoms with Gasteiger partial charge in [0.2, 0.25) is 15.9 Å². The monoisotopic (exact) mass is 585 g/mol. The van der Waals surface area contributed by atoms with Gasteiger partial charge in [0.25, 0.3) is 0 Å². The van der Waals surface area contributed by atoms with E-state index in [0.717, 1.165) is 11.6 Å². The Balaban J connectivity index is 1.78. The van der Waals surface area contributed by atoms with E-state index in [1.807, 2.05) is 6.07 Å². The third-order valence-electron chi connectivity index (χ3n) is 4.05. The molecule has 0 radical (unpaired) electrons. The van der Waals surface area contributed by atoms with Gasteiger partial charge in [0.15, 0.2) is 5.75 Å². The molecular weight excluding hydrogens is 570 g/mol. The smallest absolute Gasteiger partial charge is 0.312 e. The van der Waals surface area contributed by atoms with Gasteiger partial charge in [-0.1, -0.05) is 6.07 Å². The average Bonchev–Trinajstić information content (AvgIpc) is 2.67. The zero-order chi connectivity index (χ0) is 23.5. The maximum absolute atomic E-state index is 11.7. The standard InChI is InChI=1S/C20H17Br2N3O6S/c1-32(29,30)23-10-12-3-2-11-6-14(4-5-17(11)24-12)31-20-15(21)7-13(8-16(20)22)25-18(26)9-19(27)28/h2-8,23H,9-10H2,1H3,(H,25,26)(H,27,28). The number of amides is 1. The van der Waals surface area contributed by atoms with Gasteiger partial charge in [-0.2, -0.15) is 0 Å². The van der Waals surface area contributed by atoms with Crippen molar-refractivity contribution in [2.45, 2.75) is 13.0 Å². The number of carboxylic acids is 1. The second kappa shape index (κ2) is 9.94. The highest BCUT2D eigenvalue weighted by atomic mass is 79.9. The van der Waals surface area contributed by atoms with Gasteiger partial charge >= 0.3 is 5.97 Å². The largest absolute Gasteiger partial charge is 0.481 e. The normalized spacial score (nSPS) is 11.3. The molecule has 3 rings (SSSR count). The van der Waals surface area contributed by atoms with Crippen LogP contribution in [-0.4, -0.2) is 36.6 Å². The van der Waals surface area contributed by atoms with Gasteiger partial charge in [-0.05, 0) is 68.3 Å². The lowest BCUT2D eigenvalue weighted by molar-refractivity contribution is -0.139. The molecule has 0 saturated carbocycles. The molecule has 0 aliphatic heterocycles. The number of carboxylic acid groups (broad SMARTS) is 1. The molecule has 0 unspecified atom stereocenters. The van der Waals surface area contributed by atoms with Gasteiger partial charge in [-0.25, -0.2) is 13.1 Å². The van der Waals surface area contributed by atoms with Crippen LogP contribution in [-0.2, 0) is 26.2 Å². The molecule has 168 valence electrons. The van der Waals surface area contributed by atoms with Crippen LogP contribution in [0.4, 0.5) is 5.69 Å². The summed E-state index contributed by atoms with van der Waals surface area (Å²) in [5, 5.41) is 12.0. The molecule has 0 atom stereocenters. The minimum absolute atomic E-state index is 0.0995. The number of carbonyl (C=O) groups is 2. The van der Waals surface area contributed by atoms with Crippen LogP contribution < -0.4 is 14.8 Å². The number of nitrogens with one attached hydrogen (secondary N) is 2. The first-order chi connectivity index (χ1) is 15.0. The summed E-state index contributed by atoms with van der Waals surface area (Å²) in [4.78, 5) is 26.7. The molecule has 0 fully saturated rings. The zero-order valence-electron chi connectivity index (χ0n) is 16.6. The average molecular weight is 587 g/mol. The summed E-state index contributed by atoms with van der Waals surface area (Å²) in [5.41, 5.74) is 1.67. The summed E-state index contributed by atoms with van der Waals surface area (Å²) in [6, 6.07) is 12.0. The van der Waals surface area contributed by atoms with E-state index < -0.39 is 28.3 Å². The molecule has 1 heterocycles. The van der Waals surface area contributed by atoms with Crippen molar-refractivity contribution < 1.29 is 27.9 Å². The third kappa shape index (κ3) is 6.73. The fraction of sp³-hybridized carbons (Fsp3) is 0.150. The van der Waals surface area contributed by atoms with Crippen molar-refractivity contribution in [3.05, 3.63) is 57.1 Å². The lowest BCUT2D eigenvalue weighted by Crippen LogP contribution is -2.21. The van der Waals surface area contributed by atoms with E-state index in [2.05, 4.69) is 46.9 Å². The Labute approximate surface area is 200 Å². The molecule has 1 aromatic heterocycles. The number of sulfonamides is 1. The van der Waals surface area contributed by atoms with Crippen LogP contribution in [0.3, 0.4) is 0 Å². The summed E-state index contributed by atoms with van der Waals surface area (Å²) < 4.78 is 32.0. The minimum atomic E-state index is -3.31. The zero-order valence-corrected chi connectivity index (χ0v) is 20.5. The Morgan fingerprint density at radius 3 is 2.41 bits per heavy atom. The number of aliphatic carboxylic acids is 1. The van der Waals surface area contributed by atoms with Crippen molar-refractivity contribution in [3.63, 3.8) is 0 Å². The van der Waals surface area contributed by atoms with Crippen LogP contribution in [0.5, 0.6) is 11.5 Å². The van der Waals surface area contributed by atoms with Gasteiger partial charge in [-0.15, -0.1) is 0 Å². The van der Waals surface area contributed by atoms with Gasteiger partial charge in [0, 0.05) is 11.1 Å². The molecule has 32 heavy (non-hydrogen) atoms. The first kappa shape index (κ1) is 24.1. The number of anilines is 1. The quantitative estimate of drug-likeness (QED) is 0.339. The Kier molecular flexibility index (Phi) is 7.49. The van der Waals surface area contributed by atoms with Gasteiger partial charge in [0.05, 0.1) is 33.0 Å². The van der Waals surface area contributed by atoms with E-state index in [9.17, 15) is 18.0 Å². The summed E-state index contributed by atoms with van der Waals surface area (Å²) in [6.07, 6.45) is 0.453. The topological polar surface area (TPSA) is 135 Å². The fourth-order valence-electron chi connectivity index (χ4n) is 2.70. The lowest BCUT2D eigenvalue weighted by Gasteiger charge is -2.13. The van der Waals surface area contributed by atoms with Crippen LogP contribution >= 0.6 is 31.9 Å². The maximum atomic E-state index is 11.7. The lowest BCUT2D eigenvalue weighted by atomic mass is 10.2. The summed E-state index contributed by atoms with van der Waals surface area (Å²) in [6.45, 7) is 0.0995. The number of carbonyl (C=O) groups excluding carboxylic acids is 1. The highest BCUT2D eigenvalue weighted by molar-refractivity contribution is 9.11. The predicted molar refractivity (Wildman–Crippen MR) is 126 cm³/mol. The van der Waals surface area contributed by atoms with E-state index in [1.165, 1.54) is 0 Å². The molecule has 0 aliphatic carbocycles. The molecule has 1 amide bonds. The molecule has 0 aliphatic rings. The van der Waals surface area contributed by atoms with E-state index in [4.69, 9.17) is 9.84 Å². The summed E-state index contributed by atoms with van der Waals surface area (Å²) >= 11 is 6.80. The van der Waals surface area contributed by atoms with E-state index in [0.29, 0.717) is 37.3 Å². The molecule has 12 heteroatoms. The first-order valence-electron chi connectivity index (χ1n) is 9.03. The number of pyridine rings is 1. The van der Waals surface area contributed by atoms with Crippen LogP contribution in [0.2, 0.25) is 0 Å². The molecule has 2 aromatic carbocycles.